The van der Waals surface area contributed by atoms with Gasteiger partial charge in [-0.1, -0.05) is 36.2 Å². The molecule has 8 heteroatoms. The van der Waals surface area contributed by atoms with E-state index in [9.17, 15) is 13.2 Å². The molecule has 2 fully saturated rings. The van der Waals surface area contributed by atoms with Crippen LogP contribution in [0.3, 0.4) is 0 Å². The lowest BCUT2D eigenvalue weighted by Gasteiger charge is -2.33. The smallest absolute Gasteiger partial charge is 0.243 e. The first-order chi connectivity index (χ1) is 17.4. The normalized spacial score (nSPS) is 19.4. The summed E-state index contributed by atoms with van der Waals surface area (Å²) in [5.74, 6) is 0.818. The number of hydrogen-bond acceptors (Lipinski definition) is 5. The summed E-state index contributed by atoms with van der Waals surface area (Å²) in [4.78, 5) is 20.2. The quantitative estimate of drug-likeness (QED) is 0.541. The maximum absolute atomic E-state index is 13.1. The molecule has 0 saturated carbocycles. The van der Waals surface area contributed by atoms with E-state index in [-0.39, 0.29) is 11.8 Å². The highest BCUT2D eigenvalue weighted by Gasteiger charge is 2.28. The van der Waals surface area contributed by atoms with Gasteiger partial charge in [0, 0.05) is 38.1 Å². The van der Waals surface area contributed by atoms with Crippen molar-refractivity contribution in [3.63, 3.8) is 0 Å². The van der Waals surface area contributed by atoms with Crippen molar-refractivity contribution in [1.82, 2.24) is 14.6 Å². The summed E-state index contributed by atoms with van der Waals surface area (Å²) < 4.78 is 27.7. The fraction of sp³-hybridized carbons (Fsp3) is 0.429. The molecule has 0 unspecified atom stereocenters. The second-order valence-electron chi connectivity index (χ2n) is 9.98. The van der Waals surface area contributed by atoms with Crippen molar-refractivity contribution >= 4 is 32.7 Å². The molecule has 1 N–H and O–H groups in total. The van der Waals surface area contributed by atoms with E-state index in [1.54, 1.807) is 22.5 Å². The second-order valence-corrected chi connectivity index (χ2v) is 11.9. The molecule has 3 heterocycles. The fourth-order valence-electron chi connectivity index (χ4n) is 5.24. The predicted molar refractivity (Wildman–Crippen MR) is 142 cm³/mol. The topological polar surface area (TPSA) is 82.6 Å². The fourth-order valence-corrected chi connectivity index (χ4v) is 6.79. The number of carbonyl (C=O) groups excluding carboxylic acids is 1. The van der Waals surface area contributed by atoms with Gasteiger partial charge >= 0.3 is 0 Å². The van der Waals surface area contributed by atoms with E-state index in [1.165, 1.54) is 5.56 Å². The number of piperidine rings is 2. The highest BCUT2D eigenvalue weighted by molar-refractivity contribution is 7.89. The molecule has 0 aliphatic carbocycles. The third-order valence-electron chi connectivity index (χ3n) is 7.26. The lowest BCUT2D eigenvalue weighted by Crippen LogP contribution is -2.43. The highest BCUT2D eigenvalue weighted by atomic mass is 32.2. The Balaban J connectivity index is 1.27. The van der Waals surface area contributed by atoms with E-state index in [2.05, 4.69) is 29.3 Å². The Bertz CT molecular complexity index is 1350. The summed E-state index contributed by atoms with van der Waals surface area (Å²) in [6, 6.07) is 17.3. The minimum absolute atomic E-state index is 0.0783. The monoisotopic (exact) mass is 506 g/mol. The molecule has 1 aromatic heterocycles. The molecule has 2 aliphatic heterocycles. The molecule has 7 nitrogen and oxygen atoms in total. The number of aromatic nitrogens is 1. The van der Waals surface area contributed by atoms with Gasteiger partial charge in [-0.15, -0.1) is 0 Å². The van der Waals surface area contributed by atoms with Gasteiger partial charge in [0.25, 0.3) is 0 Å². The second kappa shape index (κ2) is 10.6. The number of aryl methyl sites for hydroxylation is 1. The SMILES string of the molecule is Cc1cccc(CNC(=O)[C@H]2CCCN(c3ccc4cc(S(=O)(=O)N5CCCCC5)ccc4n3)C2)c1. The van der Waals surface area contributed by atoms with Crippen LogP contribution in [-0.2, 0) is 21.4 Å². The predicted octanol–water partition coefficient (Wildman–Crippen LogP) is 4.25. The summed E-state index contributed by atoms with van der Waals surface area (Å²) in [6.07, 6.45) is 4.70. The van der Waals surface area contributed by atoms with Crippen LogP contribution in [-0.4, -0.2) is 49.8 Å². The van der Waals surface area contributed by atoms with E-state index in [4.69, 9.17) is 4.98 Å². The third kappa shape index (κ3) is 5.39. The molecule has 0 bridgehead atoms. The average molecular weight is 507 g/mol. The summed E-state index contributed by atoms with van der Waals surface area (Å²) in [6.45, 7) is 5.24. The number of carbonyl (C=O) groups is 1. The zero-order valence-electron chi connectivity index (χ0n) is 20.8. The molecule has 190 valence electrons. The number of fused-ring (bicyclic) bond motifs is 1. The van der Waals surface area contributed by atoms with Crippen molar-refractivity contribution < 1.29 is 13.2 Å². The van der Waals surface area contributed by atoms with Crippen LogP contribution in [0.2, 0.25) is 0 Å². The number of sulfonamides is 1. The molecule has 0 spiro atoms. The van der Waals surface area contributed by atoms with Crippen molar-refractivity contribution in [2.45, 2.75) is 50.5 Å². The first kappa shape index (κ1) is 24.7. The van der Waals surface area contributed by atoms with Crippen LogP contribution in [0, 0.1) is 12.8 Å². The average Bonchev–Trinajstić information content (AvgIpc) is 2.91. The van der Waals surface area contributed by atoms with Crippen molar-refractivity contribution in [3.05, 3.63) is 65.7 Å². The van der Waals surface area contributed by atoms with Gasteiger partial charge in [-0.05, 0) is 68.5 Å². The Hall–Kier alpha value is -2.97. The summed E-state index contributed by atoms with van der Waals surface area (Å²) >= 11 is 0. The minimum atomic E-state index is -3.48. The van der Waals surface area contributed by atoms with Crippen LogP contribution in [0.1, 0.15) is 43.2 Å². The van der Waals surface area contributed by atoms with Gasteiger partial charge in [-0.2, -0.15) is 4.31 Å². The maximum atomic E-state index is 13.1. The van der Waals surface area contributed by atoms with E-state index >= 15 is 0 Å². The van der Waals surface area contributed by atoms with Crippen LogP contribution in [0.4, 0.5) is 5.82 Å². The van der Waals surface area contributed by atoms with E-state index in [1.807, 2.05) is 24.3 Å². The molecule has 2 saturated heterocycles. The Kier molecular flexibility index (Phi) is 7.25. The lowest BCUT2D eigenvalue weighted by atomic mass is 9.97. The van der Waals surface area contributed by atoms with Gasteiger partial charge in [0.05, 0.1) is 16.3 Å². The van der Waals surface area contributed by atoms with Gasteiger partial charge in [-0.25, -0.2) is 13.4 Å². The number of pyridine rings is 1. The van der Waals surface area contributed by atoms with Crippen LogP contribution in [0.5, 0.6) is 0 Å². The zero-order chi connectivity index (χ0) is 25.1. The maximum Gasteiger partial charge on any atom is 0.243 e. The standard InChI is InChI=1S/C28H34N4O3S/c1-21-7-5-8-22(17-21)19-29-28(33)24-9-6-14-31(20-24)27-13-10-23-18-25(11-12-26(23)30-27)36(34,35)32-15-3-2-4-16-32/h5,7-8,10-13,17-18,24H,2-4,6,9,14-16,19-20H2,1H3,(H,29,33)/t24-/m0/s1. The summed E-state index contributed by atoms with van der Waals surface area (Å²) in [5, 5.41) is 3.90. The molecule has 36 heavy (non-hydrogen) atoms. The van der Waals surface area contributed by atoms with Gasteiger partial charge in [0.1, 0.15) is 5.82 Å². The first-order valence-corrected chi connectivity index (χ1v) is 14.3. The summed E-state index contributed by atoms with van der Waals surface area (Å²) in [7, 11) is -3.48. The Morgan fingerprint density at radius 3 is 2.64 bits per heavy atom. The van der Waals surface area contributed by atoms with Crippen LogP contribution in [0.15, 0.2) is 59.5 Å². The molecule has 1 amide bonds. The Morgan fingerprint density at radius 1 is 1.00 bits per heavy atom. The van der Waals surface area contributed by atoms with Gasteiger partial charge in [-0.3, -0.25) is 4.79 Å². The van der Waals surface area contributed by atoms with Gasteiger partial charge < -0.3 is 10.2 Å². The number of hydrogen-bond donors (Lipinski definition) is 1. The van der Waals surface area contributed by atoms with Crippen LogP contribution < -0.4 is 10.2 Å². The summed E-state index contributed by atoms with van der Waals surface area (Å²) in [5.41, 5.74) is 3.05. The Labute approximate surface area is 213 Å². The highest BCUT2D eigenvalue weighted by Crippen LogP contribution is 2.27. The number of benzene rings is 2. The molecule has 2 aromatic carbocycles. The Morgan fingerprint density at radius 2 is 1.83 bits per heavy atom. The molecule has 0 radical (unpaired) electrons. The van der Waals surface area contributed by atoms with Crippen LogP contribution in [0.25, 0.3) is 10.9 Å². The van der Waals surface area contributed by atoms with Crippen molar-refractivity contribution in [3.8, 4) is 0 Å². The van der Waals surface area contributed by atoms with Crippen molar-refractivity contribution in [1.29, 1.82) is 0 Å². The molecular weight excluding hydrogens is 472 g/mol. The number of nitrogens with zero attached hydrogens (tertiary/aromatic N) is 3. The molecule has 2 aliphatic rings. The van der Waals surface area contributed by atoms with Gasteiger partial charge in [0.15, 0.2) is 0 Å². The lowest BCUT2D eigenvalue weighted by molar-refractivity contribution is -0.125. The van der Waals surface area contributed by atoms with E-state index < -0.39 is 10.0 Å². The van der Waals surface area contributed by atoms with E-state index in [0.717, 1.165) is 60.9 Å². The molecule has 3 aromatic rings. The van der Waals surface area contributed by atoms with Gasteiger partial charge in [0.2, 0.25) is 15.9 Å². The largest absolute Gasteiger partial charge is 0.356 e. The van der Waals surface area contributed by atoms with Crippen LogP contribution >= 0.6 is 0 Å². The number of rotatable bonds is 6. The zero-order valence-corrected chi connectivity index (χ0v) is 21.6. The third-order valence-corrected chi connectivity index (χ3v) is 9.16. The number of nitrogens with one attached hydrogen (secondary N) is 1. The molecular formula is C28H34N4O3S. The molecule has 5 rings (SSSR count). The first-order valence-electron chi connectivity index (χ1n) is 12.9. The number of anilines is 1. The van der Waals surface area contributed by atoms with Crippen molar-refractivity contribution in [2.75, 3.05) is 31.1 Å². The number of amides is 1. The van der Waals surface area contributed by atoms with Crippen molar-refractivity contribution in [2.24, 2.45) is 5.92 Å². The molecule has 1 atom stereocenters. The minimum Gasteiger partial charge on any atom is -0.356 e. The van der Waals surface area contributed by atoms with E-state index in [0.29, 0.717) is 31.1 Å².